The van der Waals surface area contributed by atoms with Crippen molar-refractivity contribution in [1.29, 1.82) is 0 Å². The molecule has 16 heavy (non-hydrogen) atoms. The Morgan fingerprint density at radius 3 is 2.69 bits per heavy atom. The lowest BCUT2D eigenvalue weighted by Crippen LogP contribution is -2.01. The standard InChI is InChI=1S/C12H11ClFNS/c1-7(15)11-4-5-12(16-11)9-6-8(14)2-3-10(9)13/h2-7H,15H2,1H3. The maximum atomic E-state index is 13.1. The first-order chi connectivity index (χ1) is 7.58. The number of rotatable bonds is 2. The second kappa shape index (κ2) is 4.53. The van der Waals surface area contributed by atoms with E-state index < -0.39 is 0 Å². The molecular weight excluding hydrogens is 245 g/mol. The third-order valence-corrected chi connectivity index (χ3v) is 3.92. The topological polar surface area (TPSA) is 26.0 Å². The number of hydrogen-bond acceptors (Lipinski definition) is 2. The van der Waals surface area contributed by atoms with Crippen LogP contribution in [0.2, 0.25) is 5.02 Å². The van der Waals surface area contributed by atoms with Gasteiger partial charge in [-0.15, -0.1) is 11.3 Å². The van der Waals surface area contributed by atoms with Crippen LogP contribution in [0.5, 0.6) is 0 Å². The molecule has 0 bridgehead atoms. The smallest absolute Gasteiger partial charge is 0.123 e. The molecule has 4 heteroatoms. The van der Waals surface area contributed by atoms with E-state index in [0.29, 0.717) is 5.02 Å². The second-order valence-electron chi connectivity index (χ2n) is 3.61. The molecule has 0 saturated heterocycles. The lowest BCUT2D eigenvalue weighted by Gasteiger charge is -2.02. The van der Waals surface area contributed by atoms with Crippen molar-refractivity contribution in [3.63, 3.8) is 0 Å². The zero-order valence-corrected chi connectivity index (χ0v) is 10.3. The summed E-state index contributed by atoms with van der Waals surface area (Å²) in [4.78, 5) is 2.01. The van der Waals surface area contributed by atoms with Gasteiger partial charge in [0.1, 0.15) is 5.82 Å². The van der Waals surface area contributed by atoms with Crippen molar-refractivity contribution in [3.05, 3.63) is 46.0 Å². The highest BCUT2D eigenvalue weighted by molar-refractivity contribution is 7.15. The number of thiophene rings is 1. The van der Waals surface area contributed by atoms with E-state index >= 15 is 0 Å². The van der Waals surface area contributed by atoms with Crippen LogP contribution in [0.3, 0.4) is 0 Å². The van der Waals surface area contributed by atoms with Gasteiger partial charge in [-0.1, -0.05) is 11.6 Å². The minimum absolute atomic E-state index is 0.00825. The van der Waals surface area contributed by atoms with Crippen molar-refractivity contribution in [1.82, 2.24) is 0 Å². The Bertz CT molecular complexity index is 507. The molecule has 0 amide bonds. The maximum absolute atomic E-state index is 13.1. The minimum atomic E-state index is -0.282. The van der Waals surface area contributed by atoms with Gasteiger partial charge in [-0.25, -0.2) is 4.39 Å². The fraction of sp³-hybridized carbons (Fsp3) is 0.167. The van der Waals surface area contributed by atoms with E-state index in [0.717, 1.165) is 15.3 Å². The summed E-state index contributed by atoms with van der Waals surface area (Å²) >= 11 is 7.57. The molecule has 2 aromatic rings. The predicted octanol–water partition coefficient (Wildman–Crippen LogP) is 4.23. The van der Waals surface area contributed by atoms with Crippen LogP contribution in [0.4, 0.5) is 4.39 Å². The van der Waals surface area contributed by atoms with Crippen molar-refractivity contribution >= 4 is 22.9 Å². The highest BCUT2D eigenvalue weighted by atomic mass is 35.5. The second-order valence-corrected chi connectivity index (χ2v) is 5.14. The SMILES string of the molecule is CC(N)c1ccc(-c2cc(F)ccc2Cl)s1. The Kier molecular flexibility index (Phi) is 3.28. The minimum Gasteiger partial charge on any atom is -0.324 e. The van der Waals surface area contributed by atoms with Gasteiger partial charge in [0.05, 0.1) is 0 Å². The fourth-order valence-electron chi connectivity index (χ4n) is 1.43. The van der Waals surface area contributed by atoms with E-state index in [2.05, 4.69) is 0 Å². The molecule has 2 rings (SSSR count). The third kappa shape index (κ3) is 2.26. The molecule has 0 aliphatic heterocycles. The van der Waals surface area contributed by atoms with Gasteiger partial charge in [0.25, 0.3) is 0 Å². The van der Waals surface area contributed by atoms with Crippen molar-refractivity contribution in [2.75, 3.05) is 0 Å². The summed E-state index contributed by atoms with van der Waals surface area (Å²) in [6.45, 7) is 1.92. The van der Waals surface area contributed by atoms with E-state index in [1.807, 2.05) is 19.1 Å². The average Bonchev–Trinajstić information content (AvgIpc) is 2.70. The summed E-state index contributed by atoms with van der Waals surface area (Å²) in [7, 11) is 0. The molecule has 0 aliphatic rings. The first kappa shape index (κ1) is 11.6. The van der Waals surface area contributed by atoms with Crippen LogP contribution in [0.25, 0.3) is 10.4 Å². The van der Waals surface area contributed by atoms with Gasteiger partial charge in [0.15, 0.2) is 0 Å². The van der Waals surface area contributed by atoms with Gasteiger partial charge >= 0.3 is 0 Å². The largest absolute Gasteiger partial charge is 0.324 e. The van der Waals surface area contributed by atoms with Crippen LogP contribution in [0.1, 0.15) is 17.8 Å². The van der Waals surface area contributed by atoms with E-state index in [1.165, 1.54) is 12.1 Å². The first-order valence-electron chi connectivity index (χ1n) is 4.88. The van der Waals surface area contributed by atoms with Crippen LogP contribution in [0, 0.1) is 5.82 Å². The Balaban J connectivity index is 2.46. The normalized spacial score (nSPS) is 12.8. The molecule has 0 aliphatic carbocycles. The van der Waals surface area contributed by atoms with Crippen molar-refractivity contribution in [3.8, 4) is 10.4 Å². The predicted molar refractivity (Wildman–Crippen MR) is 67.3 cm³/mol. The monoisotopic (exact) mass is 255 g/mol. The number of hydrogen-bond donors (Lipinski definition) is 1. The molecule has 84 valence electrons. The van der Waals surface area contributed by atoms with Gasteiger partial charge in [-0.2, -0.15) is 0 Å². The molecular formula is C12H11ClFNS. The molecule has 1 atom stereocenters. The van der Waals surface area contributed by atoms with Gasteiger partial charge in [-0.05, 0) is 37.3 Å². The lowest BCUT2D eigenvalue weighted by molar-refractivity contribution is 0.628. The molecule has 0 fully saturated rings. The summed E-state index contributed by atoms with van der Waals surface area (Å²) in [6.07, 6.45) is 0. The quantitative estimate of drug-likeness (QED) is 0.854. The fourth-order valence-corrected chi connectivity index (χ4v) is 2.69. The third-order valence-electron chi connectivity index (χ3n) is 2.27. The molecule has 1 aromatic heterocycles. The first-order valence-corrected chi connectivity index (χ1v) is 6.08. The van der Waals surface area contributed by atoms with Crippen LogP contribution in [-0.4, -0.2) is 0 Å². The molecule has 0 spiro atoms. The summed E-state index contributed by atoms with van der Waals surface area (Å²) in [5, 5.41) is 0.555. The molecule has 2 N–H and O–H groups in total. The lowest BCUT2D eigenvalue weighted by atomic mass is 10.2. The van der Waals surface area contributed by atoms with E-state index in [1.54, 1.807) is 17.4 Å². The summed E-state index contributed by atoms with van der Waals surface area (Å²) in [6, 6.07) is 8.23. The number of halogens is 2. The van der Waals surface area contributed by atoms with Gasteiger partial charge in [0, 0.05) is 26.4 Å². The van der Waals surface area contributed by atoms with Crippen LogP contribution >= 0.6 is 22.9 Å². The average molecular weight is 256 g/mol. The van der Waals surface area contributed by atoms with E-state index in [9.17, 15) is 4.39 Å². The van der Waals surface area contributed by atoms with Crippen LogP contribution < -0.4 is 5.73 Å². The molecule has 1 nitrogen and oxygen atoms in total. The number of benzene rings is 1. The Labute approximate surface area is 103 Å². The zero-order chi connectivity index (χ0) is 11.7. The Morgan fingerprint density at radius 1 is 1.31 bits per heavy atom. The summed E-state index contributed by atoms with van der Waals surface area (Å²) in [5.41, 5.74) is 6.50. The number of nitrogens with two attached hydrogens (primary N) is 1. The van der Waals surface area contributed by atoms with Gasteiger partial charge in [-0.3, -0.25) is 0 Å². The summed E-state index contributed by atoms with van der Waals surface area (Å²) < 4.78 is 13.1. The highest BCUT2D eigenvalue weighted by Gasteiger charge is 2.09. The van der Waals surface area contributed by atoms with Crippen molar-refractivity contribution in [2.24, 2.45) is 5.73 Å². The van der Waals surface area contributed by atoms with Gasteiger partial charge < -0.3 is 5.73 Å². The molecule has 0 radical (unpaired) electrons. The molecule has 1 aromatic carbocycles. The summed E-state index contributed by atoms with van der Waals surface area (Å²) in [5.74, 6) is -0.282. The maximum Gasteiger partial charge on any atom is 0.123 e. The highest BCUT2D eigenvalue weighted by Crippen LogP contribution is 2.35. The van der Waals surface area contributed by atoms with Crippen LogP contribution in [0.15, 0.2) is 30.3 Å². The molecule has 1 heterocycles. The molecule has 0 saturated carbocycles. The van der Waals surface area contributed by atoms with Crippen molar-refractivity contribution < 1.29 is 4.39 Å². The Morgan fingerprint density at radius 2 is 2.06 bits per heavy atom. The Hall–Kier alpha value is -0.900. The van der Waals surface area contributed by atoms with Crippen LogP contribution in [-0.2, 0) is 0 Å². The zero-order valence-electron chi connectivity index (χ0n) is 8.71. The van der Waals surface area contributed by atoms with Crippen molar-refractivity contribution in [2.45, 2.75) is 13.0 Å². The molecule has 1 unspecified atom stereocenters. The van der Waals surface area contributed by atoms with E-state index in [4.69, 9.17) is 17.3 Å². The van der Waals surface area contributed by atoms with E-state index in [-0.39, 0.29) is 11.9 Å². The van der Waals surface area contributed by atoms with Gasteiger partial charge in [0.2, 0.25) is 0 Å².